The minimum absolute atomic E-state index is 0.740. The maximum absolute atomic E-state index is 4.37. The van der Waals surface area contributed by atoms with Gasteiger partial charge >= 0.3 is 0 Å². The van der Waals surface area contributed by atoms with Crippen LogP contribution in [-0.2, 0) is 13.5 Å². The molecular weight excluding hydrogens is 212 g/mol. The van der Waals surface area contributed by atoms with E-state index in [0.29, 0.717) is 0 Å². The Morgan fingerprint density at radius 2 is 2.24 bits per heavy atom. The van der Waals surface area contributed by atoms with Crippen LogP contribution in [0, 0.1) is 0 Å². The van der Waals surface area contributed by atoms with Crippen molar-refractivity contribution in [3.8, 4) is 0 Å². The monoisotopic (exact) mass is 234 g/mol. The van der Waals surface area contributed by atoms with Gasteiger partial charge in [-0.1, -0.05) is 0 Å². The van der Waals surface area contributed by atoms with E-state index in [1.54, 1.807) is 0 Å². The van der Waals surface area contributed by atoms with Crippen molar-refractivity contribution in [2.24, 2.45) is 7.05 Å². The summed E-state index contributed by atoms with van der Waals surface area (Å²) in [6.07, 6.45) is 9.08. The number of hydrogen-bond acceptors (Lipinski definition) is 3. The van der Waals surface area contributed by atoms with Crippen LogP contribution in [0.2, 0.25) is 0 Å². The Balaban J connectivity index is 1.42. The van der Waals surface area contributed by atoms with Crippen molar-refractivity contribution >= 4 is 0 Å². The van der Waals surface area contributed by atoms with E-state index >= 15 is 0 Å². The predicted molar refractivity (Wildman–Crippen MR) is 67.9 cm³/mol. The van der Waals surface area contributed by atoms with Crippen molar-refractivity contribution in [1.82, 2.24) is 19.8 Å². The van der Waals surface area contributed by atoms with Gasteiger partial charge < -0.3 is 14.8 Å². The van der Waals surface area contributed by atoms with Gasteiger partial charge in [-0.3, -0.25) is 0 Å². The Labute approximate surface area is 103 Å². The Morgan fingerprint density at radius 1 is 1.35 bits per heavy atom. The molecule has 0 amide bonds. The summed E-state index contributed by atoms with van der Waals surface area (Å²) in [6.45, 7) is 3.61. The molecule has 1 N–H and O–H groups in total. The molecule has 2 aliphatic rings. The van der Waals surface area contributed by atoms with Crippen LogP contribution in [0.25, 0.3) is 0 Å². The lowest BCUT2D eigenvalue weighted by atomic mass is 10.2. The van der Waals surface area contributed by atoms with Crippen molar-refractivity contribution in [3.05, 3.63) is 18.2 Å². The maximum Gasteiger partial charge on any atom is 0.109 e. The molecule has 1 aromatic heterocycles. The van der Waals surface area contributed by atoms with Gasteiger partial charge in [-0.2, -0.15) is 0 Å². The second kappa shape index (κ2) is 4.78. The van der Waals surface area contributed by atoms with Crippen LogP contribution in [0.3, 0.4) is 0 Å². The number of nitrogens with one attached hydrogen (secondary N) is 1. The highest BCUT2D eigenvalue weighted by atomic mass is 15.2. The summed E-state index contributed by atoms with van der Waals surface area (Å²) >= 11 is 0. The molecule has 1 atom stereocenters. The molecule has 1 aliphatic carbocycles. The maximum atomic E-state index is 4.37. The standard InChI is InChI=1S/C13H22N4/c1-16-9-6-14-13(16)5-8-17-7-4-12(10-17)15-11-2-3-11/h6,9,11-12,15H,2-5,7-8,10H2,1H3. The summed E-state index contributed by atoms with van der Waals surface area (Å²) in [5.74, 6) is 1.20. The van der Waals surface area contributed by atoms with E-state index in [1.165, 1.54) is 38.2 Å². The molecule has 94 valence electrons. The third-order valence-corrected chi connectivity index (χ3v) is 3.89. The molecular formula is C13H22N4. The van der Waals surface area contributed by atoms with E-state index in [1.807, 2.05) is 12.4 Å². The zero-order chi connectivity index (χ0) is 11.7. The lowest BCUT2D eigenvalue weighted by Crippen LogP contribution is -2.34. The largest absolute Gasteiger partial charge is 0.338 e. The molecule has 4 heteroatoms. The quantitative estimate of drug-likeness (QED) is 0.817. The Kier molecular flexibility index (Phi) is 3.16. The number of hydrogen-bond donors (Lipinski definition) is 1. The van der Waals surface area contributed by atoms with Gasteiger partial charge in [-0.15, -0.1) is 0 Å². The Bertz CT molecular complexity index is 369. The topological polar surface area (TPSA) is 33.1 Å². The second-order valence-electron chi connectivity index (χ2n) is 5.43. The molecule has 1 saturated heterocycles. The lowest BCUT2D eigenvalue weighted by molar-refractivity contribution is 0.328. The molecule has 4 nitrogen and oxygen atoms in total. The molecule has 2 fully saturated rings. The third-order valence-electron chi connectivity index (χ3n) is 3.89. The average Bonchev–Trinajstić information content (AvgIpc) is 2.85. The molecule has 17 heavy (non-hydrogen) atoms. The van der Waals surface area contributed by atoms with E-state index < -0.39 is 0 Å². The second-order valence-corrected chi connectivity index (χ2v) is 5.43. The highest BCUT2D eigenvalue weighted by Crippen LogP contribution is 2.21. The van der Waals surface area contributed by atoms with Crippen molar-refractivity contribution in [1.29, 1.82) is 0 Å². The van der Waals surface area contributed by atoms with Gasteiger partial charge in [-0.05, 0) is 25.8 Å². The fourth-order valence-corrected chi connectivity index (χ4v) is 2.65. The van der Waals surface area contributed by atoms with Gasteiger partial charge in [0.25, 0.3) is 0 Å². The van der Waals surface area contributed by atoms with Crippen LogP contribution < -0.4 is 5.32 Å². The van der Waals surface area contributed by atoms with E-state index in [2.05, 4.69) is 26.8 Å². The van der Waals surface area contributed by atoms with Gasteiger partial charge in [0.1, 0.15) is 5.82 Å². The van der Waals surface area contributed by atoms with Gasteiger partial charge in [-0.25, -0.2) is 4.98 Å². The first kappa shape index (κ1) is 11.2. The molecule has 2 heterocycles. The van der Waals surface area contributed by atoms with Gasteiger partial charge in [0.2, 0.25) is 0 Å². The number of imidazole rings is 1. The zero-order valence-electron chi connectivity index (χ0n) is 10.6. The third kappa shape index (κ3) is 2.87. The van der Waals surface area contributed by atoms with E-state index in [9.17, 15) is 0 Å². The van der Waals surface area contributed by atoms with Gasteiger partial charge in [0.05, 0.1) is 0 Å². The fourth-order valence-electron chi connectivity index (χ4n) is 2.65. The number of likely N-dealkylation sites (tertiary alicyclic amines) is 1. The summed E-state index contributed by atoms with van der Waals surface area (Å²) in [7, 11) is 2.07. The Hall–Kier alpha value is -0.870. The van der Waals surface area contributed by atoms with Crippen molar-refractivity contribution in [3.63, 3.8) is 0 Å². The number of aromatic nitrogens is 2. The van der Waals surface area contributed by atoms with Crippen molar-refractivity contribution in [2.45, 2.75) is 37.8 Å². The predicted octanol–water partition coefficient (Wildman–Crippen LogP) is 0.789. The minimum atomic E-state index is 0.740. The van der Waals surface area contributed by atoms with Gasteiger partial charge in [0, 0.05) is 51.0 Å². The summed E-state index contributed by atoms with van der Waals surface area (Å²) in [5, 5.41) is 3.72. The summed E-state index contributed by atoms with van der Waals surface area (Å²) in [6, 6.07) is 1.58. The molecule has 1 unspecified atom stereocenters. The van der Waals surface area contributed by atoms with Crippen LogP contribution >= 0.6 is 0 Å². The first-order valence-corrected chi connectivity index (χ1v) is 6.76. The molecule has 3 rings (SSSR count). The van der Waals surface area contributed by atoms with Crippen molar-refractivity contribution < 1.29 is 0 Å². The van der Waals surface area contributed by atoms with E-state index in [-0.39, 0.29) is 0 Å². The zero-order valence-corrected chi connectivity index (χ0v) is 10.6. The fraction of sp³-hybridized carbons (Fsp3) is 0.769. The summed E-state index contributed by atoms with van der Waals surface area (Å²) < 4.78 is 2.12. The molecule has 1 aromatic rings. The normalized spacial score (nSPS) is 25.6. The molecule has 0 spiro atoms. The SMILES string of the molecule is Cn1ccnc1CCN1CCC(NC2CC2)C1. The smallest absolute Gasteiger partial charge is 0.109 e. The van der Waals surface area contributed by atoms with E-state index in [0.717, 1.165) is 25.0 Å². The number of aryl methyl sites for hydroxylation is 1. The average molecular weight is 234 g/mol. The summed E-state index contributed by atoms with van der Waals surface area (Å²) in [4.78, 5) is 6.94. The van der Waals surface area contributed by atoms with Crippen LogP contribution in [0.4, 0.5) is 0 Å². The minimum Gasteiger partial charge on any atom is -0.338 e. The van der Waals surface area contributed by atoms with Gasteiger partial charge in [0.15, 0.2) is 0 Å². The molecule has 0 radical (unpaired) electrons. The van der Waals surface area contributed by atoms with Crippen LogP contribution in [0.1, 0.15) is 25.1 Å². The number of nitrogens with zero attached hydrogens (tertiary/aromatic N) is 3. The lowest BCUT2D eigenvalue weighted by Gasteiger charge is -2.16. The van der Waals surface area contributed by atoms with Crippen LogP contribution in [0.5, 0.6) is 0 Å². The molecule has 1 aliphatic heterocycles. The highest BCUT2D eigenvalue weighted by molar-refractivity contribution is 4.94. The molecule has 1 saturated carbocycles. The first-order valence-electron chi connectivity index (χ1n) is 6.76. The number of rotatable bonds is 5. The molecule has 0 aromatic carbocycles. The molecule has 0 bridgehead atoms. The summed E-state index contributed by atoms with van der Waals surface area (Å²) in [5.41, 5.74) is 0. The van der Waals surface area contributed by atoms with E-state index in [4.69, 9.17) is 0 Å². The first-order chi connectivity index (χ1) is 8.31. The van der Waals surface area contributed by atoms with Crippen molar-refractivity contribution in [2.75, 3.05) is 19.6 Å². The Morgan fingerprint density at radius 3 is 2.94 bits per heavy atom. The highest BCUT2D eigenvalue weighted by Gasteiger charge is 2.28. The van der Waals surface area contributed by atoms with Crippen LogP contribution in [-0.4, -0.2) is 46.2 Å². The van der Waals surface area contributed by atoms with Crippen LogP contribution in [0.15, 0.2) is 12.4 Å².